The number of fused-ring (bicyclic) bond motifs is 1. The summed E-state index contributed by atoms with van der Waals surface area (Å²) >= 11 is 18.3. The van der Waals surface area contributed by atoms with Crippen molar-refractivity contribution in [2.45, 2.75) is 19.9 Å². The molecule has 5 heteroatoms. The molecule has 2 nitrogen and oxygen atoms in total. The van der Waals surface area contributed by atoms with E-state index < -0.39 is 0 Å². The molecule has 0 aliphatic carbocycles. The van der Waals surface area contributed by atoms with Crippen molar-refractivity contribution < 1.29 is 0 Å². The summed E-state index contributed by atoms with van der Waals surface area (Å²) in [4.78, 5) is 4.44. The molecule has 1 unspecified atom stereocenters. The molecule has 1 aromatic heterocycles. The maximum absolute atomic E-state index is 6.17. The van der Waals surface area contributed by atoms with Crippen molar-refractivity contribution in [3.05, 3.63) is 38.5 Å². The molecule has 1 aromatic carbocycles. The first-order valence-electron chi connectivity index (χ1n) is 5.12. The Balaban J connectivity index is 2.90. The third-order valence-corrected chi connectivity index (χ3v) is 3.69. The number of nitrogens with zero attached hydrogens (tertiary/aromatic N) is 1. The summed E-state index contributed by atoms with van der Waals surface area (Å²) in [6, 6.07) is 3.36. The lowest BCUT2D eigenvalue weighted by Crippen LogP contribution is -2.08. The van der Waals surface area contributed by atoms with Crippen LogP contribution >= 0.6 is 34.8 Å². The summed E-state index contributed by atoms with van der Waals surface area (Å²) in [5, 5.41) is 2.18. The number of nitrogens with two attached hydrogens (primary N) is 1. The molecule has 0 aliphatic heterocycles. The fraction of sp³-hybridized carbons (Fsp3) is 0.250. The number of hydrogen-bond donors (Lipinski definition) is 1. The van der Waals surface area contributed by atoms with Crippen LogP contribution in [0.25, 0.3) is 10.9 Å². The molecule has 90 valence electrons. The van der Waals surface area contributed by atoms with Crippen LogP contribution in [0.1, 0.15) is 24.2 Å². The van der Waals surface area contributed by atoms with E-state index in [1.807, 2.05) is 19.9 Å². The minimum absolute atomic E-state index is 0.149. The maximum Gasteiger partial charge on any atom is 0.0910 e. The number of aryl methyl sites for hydroxylation is 1. The fourth-order valence-electron chi connectivity index (χ4n) is 1.74. The summed E-state index contributed by atoms with van der Waals surface area (Å²) in [6.45, 7) is 3.81. The van der Waals surface area contributed by atoms with Gasteiger partial charge in [0.1, 0.15) is 0 Å². The van der Waals surface area contributed by atoms with Gasteiger partial charge in [0, 0.05) is 11.4 Å². The zero-order valence-electron chi connectivity index (χ0n) is 9.39. The molecule has 2 rings (SSSR count). The van der Waals surface area contributed by atoms with E-state index in [1.165, 1.54) is 0 Å². The zero-order chi connectivity index (χ0) is 12.7. The van der Waals surface area contributed by atoms with Crippen molar-refractivity contribution in [1.82, 2.24) is 4.98 Å². The highest BCUT2D eigenvalue weighted by Gasteiger charge is 2.14. The van der Waals surface area contributed by atoms with Gasteiger partial charge in [0.05, 0.1) is 26.3 Å². The van der Waals surface area contributed by atoms with E-state index in [0.717, 1.165) is 16.6 Å². The first-order valence-corrected chi connectivity index (χ1v) is 6.25. The molecule has 0 saturated carbocycles. The third-order valence-electron chi connectivity index (χ3n) is 2.61. The second-order valence-corrected chi connectivity index (χ2v) is 5.22. The molecule has 17 heavy (non-hydrogen) atoms. The van der Waals surface area contributed by atoms with Crippen LogP contribution in [-0.4, -0.2) is 4.98 Å². The highest BCUT2D eigenvalue weighted by molar-refractivity contribution is 6.47. The summed E-state index contributed by atoms with van der Waals surface area (Å²) in [6.07, 6.45) is 0. The number of pyridine rings is 1. The van der Waals surface area contributed by atoms with Gasteiger partial charge in [-0.25, -0.2) is 4.98 Å². The van der Waals surface area contributed by atoms with Gasteiger partial charge in [0.15, 0.2) is 0 Å². The largest absolute Gasteiger partial charge is 0.323 e. The van der Waals surface area contributed by atoms with E-state index in [9.17, 15) is 0 Å². The highest BCUT2D eigenvalue weighted by atomic mass is 35.5. The van der Waals surface area contributed by atoms with Crippen molar-refractivity contribution in [3.8, 4) is 0 Å². The lowest BCUT2D eigenvalue weighted by atomic mass is 10.1. The average molecular weight is 290 g/mol. The van der Waals surface area contributed by atoms with Crippen molar-refractivity contribution >= 4 is 45.7 Å². The summed E-state index contributed by atoms with van der Waals surface area (Å²) in [7, 11) is 0. The van der Waals surface area contributed by atoms with E-state index in [0.29, 0.717) is 20.6 Å². The van der Waals surface area contributed by atoms with Gasteiger partial charge >= 0.3 is 0 Å². The van der Waals surface area contributed by atoms with E-state index >= 15 is 0 Å². The molecule has 1 atom stereocenters. The second-order valence-electron chi connectivity index (χ2n) is 4.03. The van der Waals surface area contributed by atoms with Gasteiger partial charge < -0.3 is 5.73 Å². The van der Waals surface area contributed by atoms with Crippen LogP contribution < -0.4 is 5.73 Å². The summed E-state index contributed by atoms with van der Waals surface area (Å²) in [5.41, 5.74) is 8.23. The number of rotatable bonds is 1. The predicted molar refractivity (Wildman–Crippen MR) is 74.1 cm³/mol. The Morgan fingerprint density at radius 2 is 1.82 bits per heavy atom. The summed E-state index contributed by atoms with van der Waals surface area (Å²) in [5.74, 6) is 0. The predicted octanol–water partition coefficient (Wildman–Crippen LogP) is 4.52. The molecule has 2 N–H and O–H groups in total. The molecule has 0 saturated heterocycles. The second kappa shape index (κ2) is 4.62. The highest BCUT2D eigenvalue weighted by Crippen LogP contribution is 2.37. The Kier molecular flexibility index (Phi) is 3.50. The SMILES string of the molecule is Cc1cc(C(C)N)nc2c(Cl)cc(Cl)c(Cl)c12. The molecule has 0 radical (unpaired) electrons. The monoisotopic (exact) mass is 288 g/mol. The van der Waals surface area contributed by atoms with Gasteiger partial charge in [-0.05, 0) is 31.5 Å². The Hall–Kier alpha value is -0.540. The van der Waals surface area contributed by atoms with Gasteiger partial charge in [-0.15, -0.1) is 0 Å². The van der Waals surface area contributed by atoms with Crippen LogP contribution in [0, 0.1) is 6.92 Å². The summed E-state index contributed by atoms with van der Waals surface area (Å²) < 4.78 is 0. The van der Waals surface area contributed by atoms with Crippen LogP contribution in [-0.2, 0) is 0 Å². The fourth-order valence-corrected chi connectivity index (χ4v) is 2.54. The molecular weight excluding hydrogens is 279 g/mol. The lowest BCUT2D eigenvalue weighted by molar-refractivity contribution is 0.785. The maximum atomic E-state index is 6.17. The van der Waals surface area contributed by atoms with Crippen molar-refractivity contribution in [2.75, 3.05) is 0 Å². The Bertz CT molecular complexity index is 594. The van der Waals surface area contributed by atoms with Crippen LogP contribution in [0.2, 0.25) is 15.1 Å². The normalized spacial score (nSPS) is 13.1. The first-order chi connectivity index (χ1) is 7.91. The Morgan fingerprint density at radius 3 is 2.41 bits per heavy atom. The van der Waals surface area contributed by atoms with E-state index in [2.05, 4.69) is 4.98 Å². The van der Waals surface area contributed by atoms with E-state index in [1.54, 1.807) is 6.07 Å². The molecule has 2 aromatic rings. The van der Waals surface area contributed by atoms with Crippen LogP contribution in [0.5, 0.6) is 0 Å². The number of hydrogen-bond acceptors (Lipinski definition) is 2. The van der Waals surface area contributed by atoms with Crippen LogP contribution in [0.15, 0.2) is 12.1 Å². The first kappa shape index (κ1) is 12.9. The third kappa shape index (κ3) is 2.23. The van der Waals surface area contributed by atoms with Gasteiger partial charge in [0.25, 0.3) is 0 Å². The minimum Gasteiger partial charge on any atom is -0.323 e. The smallest absolute Gasteiger partial charge is 0.0910 e. The molecule has 0 spiro atoms. The molecule has 0 amide bonds. The van der Waals surface area contributed by atoms with Crippen molar-refractivity contribution in [1.29, 1.82) is 0 Å². The molecule has 0 fully saturated rings. The Labute approximate surface area is 115 Å². The van der Waals surface area contributed by atoms with Gasteiger partial charge in [-0.2, -0.15) is 0 Å². The molecule has 1 heterocycles. The van der Waals surface area contributed by atoms with E-state index in [-0.39, 0.29) is 6.04 Å². The average Bonchev–Trinajstić information content (AvgIpc) is 2.25. The number of aromatic nitrogens is 1. The van der Waals surface area contributed by atoms with Crippen molar-refractivity contribution in [3.63, 3.8) is 0 Å². The number of benzene rings is 1. The Morgan fingerprint density at radius 1 is 1.18 bits per heavy atom. The van der Waals surface area contributed by atoms with Gasteiger partial charge in [-0.3, -0.25) is 0 Å². The lowest BCUT2D eigenvalue weighted by Gasteiger charge is -2.12. The van der Waals surface area contributed by atoms with Gasteiger partial charge in [0.2, 0.25) is 0 Å². The van der Waals surface area contributed by atoms with Crippen molar-refractivity contribution in [2.24, 2.45) is 5.73 Å². The van der Waals surface area contributed by atoms with E-state index in [4.69, 9.17) is 40.5 Å². The molecular formula is C12H11Cl3N2. The van der Waals surface area contributed by atoms with Gasteiger partial charge in [-0.1, -0.05) is 34.8 Å². The zero-order valence-corrected chi connectivity index (χ0v) is 11.7. The molecule has 0 aliphatic rings. The standard InChI is InChI=1S/C12H11Cl3N2/c1-5-3-9(6(2)16)17-12-8(14)4-7(13)11(15)10(5)12/h3-4,6H,16H2,1-2H3. The van der Waals surface area contributed by atoms with Crippen LogP contribution in [0.3, 0.4) is 0 Å². The quantitative estimate of drug-likeness (QED) is 0.784. The minimum atomic E-state index is -0.149. The number of halogens is 3. The molecule has 0 bridgehead atoms. The van der Waals surface area contributed by atoms with Crippen LogP contribution in [0.4, 0.5) is 0 Å². The topological polar surface area (TPSA) is 38.9 Å².